The van der Waals surface area contributed by atoms with E-state index in [4.69, 9.17) is 14.7 Å². The van der Waals surface area contributed by atoms with E-state index in [1.165, 1.54) is 17.7 Å². The molecule has 3 heterocycles. The van der Waals surface area contributed by atoms with Crippen LogP contribution in [0, 0.1) is 11.3 Å². The van der Waals surface area contributed by atoms with E-state index in [-0.39, 0.29) is 24.2 Å². The summed E-state index contributed by atoms with van der Waals surface area (Å²) >= 11 is 0. The summed E-state index contributed by atoms with van der Waals surface area (Å²) < 4.78 is 51.1. The normalized spacial score (nSPS) is 21.2. The molecule has 1 unspecified atom stereocenters. The number of carbonyl (C=O) groups excluding carboxylic acids is 1. The fourth-order valence-electron chi connectivity index (χ4n) is 6.49. The molecule has 0 N–H and O–H groups in total. The van der Waals surface area contributed by atoms with Crippen molar-refractivity contribution in [2.75, 3.05) is 38.1 Å². The Bertz CT molecular complexity index is 1510. The minimum absolute atomic E-state index is 0.0108. The summed E-state index contributed by atoms with van der Waals surface area (Å²) in [6.07, 6.45) is 5.20. The average molecular weight is 619 g/mol. The molecule has 2 aromatic carbocycles. The van der Waals surface area contributed by atoms with Crippen molar-refractivity contribution < 1.29 is 27.4 Å². The third-order valence-corrected chi connectivity index (χ3v) is 9.21. The van der Waals surface area contributed by atoms with Crippen LogP contribution in [0.1, 0.15) is 48.8 Å². The standard InChI is InChI=1S/C35H37F3N4O3/c1-40(28-12-16-41(17-13-28)23-25-4-2-24(22-39)3-5-25)34(43)33-21-26-20-31(10-11-32(26)45-33)44-30-14-18-42(19-15-30)29-8-6-27(7-9-29)35(36,37)38/h2-10,20-21,28,30,32H,11-19,23H2,1H3. The van der Waals surface area contributed by atoms with Crippen LogP contribution in [-0.2, 0) is 27.0 Å². The Morgan fingerprint density at radius 3 is 2.33 bits per heavy atom. The summed E-state index contributed by atoms with van der Waals surface area (Å²) in [7, 11) is 1.85. The van der Waals surface area contributed by atoms with Gasteiger partial charge in [-0.25, -0.2) is 0 Å². The SMILES string of the molecule is CN(C(=O)C1=CC2=CC(OC3CCN(c4ccc(C(F)(F)F)cc4)CC3)=CCC2O1)C1CCN(Cc2ccc(C#N)cc2)CC1. The molecule has 0 bridgehead atoms. The molecule has 45 heavy (non-hydrogen) atoms. The highest BCUT2D eigenvalue weighted by atomic mass is 19.4. The summed E-state index contributed by atoms with van der Waals surface area (Å²) in [5, 5.41) is 9.01. The summed E-state index contributed by atoms with van der Waals surface area (Å²) in [5.74, 6) is 1.04. The maximum absolute atomic E-state index is 13.4. The lowest BCUT2D eigenvalue weighted by Gasteiger charge is -2.36. The number of rotatable bonds is 7. The molecule has 3 aliphatic heterocycles. The maximum atomic E-state index is 13.4. The Hall–Kier alpha value is -4.23. The van der Waals surface area contributed by atoms with Gasteiger partial charge < -0.3 is 19.3 Å². The van der Waals surface area contributed by atoms with Crippen molar-refractivity contribution in [3.8, 4) is 6.07 Å². The van der Waals surface area contributed by atoms with Gasteiger partial charge in [0.05, 0.1) is 17.2 Å². The second-order valence-corrected chi connectivity index (χ2v) is 12.2. The van der Waals surface area contributed by atoms with E-state index in [1.807, 2.05) is 54.4 Å². The molecule has 0 radical (unpaired) electrons. The van der Waals surface area contributed by atoms with Crippen LogP contribution in [0.5, 0.6) is 0 Å². The number of benzene rings is 2. The quantitative estimate of drug-likeness (QED) is 0.369. The minimum atomic E-state index is -4.34. The molecule has 1 atom stereocenters. The highest BCUT2D eigenvalue weighted by Crippen LogP contribution is 2.34. The van der Waals surface area contributed by atoms with Gasteiger partial charge >= 0.3 is 6.18 Å². The number of amides is 1. The van der Waals surface area contributed by atoms with Crippen molar-refractivity contribution >= 4 is 11.6 Å². The van der Waals surface area contributed by atoms with Gasteiger partial charge in [0.2, 0.25) is 0 Å². The van der Waals surface area contributed by atoms with E-state index in [1.54, 1.807) is 0 Å². The van der Waals surface area contributed by atoms with E-state index >= 15 is 0 Å². The maximum Gasteiger partial charge on any atom is 0.416 e. The largest absolute Gasteiger partial charge is 0.491 e. The predicted octanol–water partition coefficient (Wildman–Crippen LogP) is 6.18. The minimum Gasteiger partial charge on any atom is -0.491 e. The highest BCUT2D eigenvalue weighted by Gasteiger charge is 2.34. The highest BCUT2D eigenvalue weighted by molar-refractivity contribution is 5.93. The third-order valence-electron chi connectivity index (χ3n) is 9.21. The zero-order valence-corrected chi connectivity index (χ0v) is 25.3. The van der Waals surface area contributed by atoms with E-state index < -0.39 is 11.7 Å². The Morgan fingerprint density at radius 1 is 1.00 bits per heavy atom. The van der Waals surface area contributed by atoms with Crippen molar-refractivity contribution in [2.24, 2.45) is 0 Å². The summed E-state index contributed by atoms with van der Waals surface area (Å²) in [5.41, 5.74) is 2.92. The Balaban J connectivity index is 0.972. The molecule has 7 nitrogen and oxygen atoms in total. The molecule has 4 aliphatic rings. The number of halogens is 3. The molecule has 236 valence electrons. The molecule has 0 aromatic heterocycles. The van der Waals surface area contributed by atoms with E-state index in [0.29, 0.717) is 30.8 Å². The molecule has 1 aliphatic carbocycles. The Morgan fingerprint density at radius 2 is 1.69 bits per heavy atom. The van der Waals surface area contributed by atoms with Crippen LogP contribution in [0.25, 0.3) is 0 Å². The number of piperidine rings is 2. The first kappa shape index (κ1) is 30.8. The lowest BCUT2D eigenvalue weighted by molar-refractivity contribution is -0.137. The smallest absolute Gasteiger partial charge is 0.416 e. The molecule has 10 heteroatoms. The first-order valence-electron chi connectivity index (χ1n) is 15.5. The van der Waals surface area contributed by atoms with Crippen molar-refractivity contribution in [1.29, 1.82) is 5.26 Å². The summed E-state index contributed by atoms with van der Waals surface area (Å²) in [6, 6.07) is 15.3. The van der Waals surface area contributed by atoms with Crippen LogP contribution < -0.4 is 4.90 Å². The fourth-order valence-corrected chi connectivity index (χ4v) is 6.49. The van der Waals surface area contributed by atoms with Crippen LogP contribution in [-0.4, -0.2) is 67.2 Å². The number of nitriles is 1. The number of alkyl halides is 3. The number of hydrogen-bond acceptors (Lipinski definition) is 6. The van der Waals surface area contributed by atoms with Crippen LogP contribution in [0.15, 0.2) is 83.9 Å². The van der Waals surface area contributed by atoms with Gasteiger partial charge in [-0.15, -0.1) is 0 Å². The molecule has 1 amide bonds. The molecule has 0 saturated carbocycles. The molecule has 0 spiro atoms. The third kappa shape index (κ3) is 7.20. The Kier molecular flexibility index (Phi) is 8.90. The second-order valence-electron chi connectivity index (χ2n) is 12.2. The zero-order valence-electron chi connectivity index (χ0n) is 25.3. The molecular weight excluding hydrogens is 581 g/mol. The number of carbonyl (C=O) groups is 1. The van der Waals surface area contributed by atoms with Crippen molar-refractivity contribution in [3.63, 3.8) is 0 Å². The molecule has 6 rings (SSSR count). The Labute approximate surface area is 261 Å². The van der Waals surface area contributed by atoms with Gasteiger partial charge in [0, 0.05) is 76.3 Å². The molecular formula is C35H37F3N4O3. The molecule has 2 fully saturated rings. The number of fused-ring (bicyclic) bond motifs is 1. The van der Waals surface area contributed by atoms with Crippen molar-refractivity contribution in [2.45, 2.75) is 63.1 Å². The zero-order chi connectivity index (χ0) is 31.6. The van der Waals surface area contributed by atoms with E-state index in [0.717, 1.165) is 74.5 Å². The van der Waals surface area contributed by atoms with Gasteiger partial charge in [-0.05, 0) is 73.0 Å². The number of nitrogens with zero attached hydrogens (tertiary/aromatic N) is 4. The van der Waals surface area contributed by atoms with Gasteiger partial charge in [-0.3, -0.25) is 9.69 Å². The van der Waals surface area contributed by atoms with Crippen LogP contribution in [0.4, 0.5) is 18.9 Å². The van der Waals surface area contributed by atoms with E-state index in [9.17, 15) is 18.0 Å². The van der Waals surface area contributed by atoms with Gasteiger partial charge in [-0.1, -0.05) is 12.1 Å². The first-order valence-corrected chi connectivity index (χ1v) is 15.5. The fraction of sp³-hybridized carbons (Fsp3) is 0.429. The topological polar surface area (TPSA) is 69.0 Å². The number of likely N-dealkylation sites (N-methyl/N-ethyl adjacent to an activating group) is 1. The monoisotopic (exact) mass is 618 g/mol. The van der Waals surface area contributed by atoms with Crippen LogP contribution >= 0.6 is 0 Å². The lowest BCUT2D eigenvalue weighted by Crippen LogP contribution is -2.45. The number of ether oxygens (including phenoxy) is 2. The summed E-state index contributed by atoms with van der Waals surface area (Å²) in [4.78, 5) is 19.7. The lowest BCUT2D eigenvalue weighted by atomic mass is 10.0. The average Bonchev–Trinajstić information content (AvgIpc) is 3.48. The van der Waals surface area contributed by atoms with Crippen molar-refractivity contribution in [3.05, 3.63) is 101 Å². The number of likely N-dealkylation sites (tertiary alicyclic amines) is 1. The van der Waals surface area contributed by atoms with Crippen molar-refractivity contribution in [1.82, 2.24) is 9.80 Å². The van der Waals surface area contributed by atoms with Crippen LogP contribution in [0.2, 0.25) is 0 Å². The predicted molar refractivity (Wildman–Crippen MR) is 164 cm³/mol. The number of anilines is 1. The van der Waals surface area contributed by atoms with Crippen LogP contribution in [0.3, 0.4) is 0 Å². The van der Waals surface area contributed by atoms with Gasteiger partial charge in [0.25, 0.3) is 5.91 Å². The van der Waals surface area contributed by atoms with Gasteiger partial charge in [0.1, 0.15) is 18.0 Å². The number of allylic oxidation sites excluding steroid dienone is 1. The molecule has 2 saturated heterocycles. The van der Waals surface area contributed by atoms with Gasteiger partial charge in [0.15, 0.2) is 5.76 Å². The van der Waals surface area contributed by atoms with E-state index in [2.05, 4.69) is 15.9 Å². The second kappa shape index (κ2) is 13.0. The number of hydrogen-bond donors (Lipinski definition) is 0. The molecule has 2 aromatic rings. The first-order chi connectivity index (χ1) is 21.7. The van der Waals surface area contributed by atoms with Gasteiger partial charge in [-0.2, -0.15) is 18.4 Å². The summed E-state index contributed by atoms with van der Waals surface area (Å²) in [6.45, 7) is 4.01.